The molecule has 0 spiro atoms. The summed E-state index contributed by atoms with van der Waals surface area (Å²) in [6.07, 6.45) is 2.81. The van der Waals surface area contributed by atoms with Gasteiger partial charge in [0.15, 0.2) is 0 Å². The van der Waals surface area contributed by atoms with Gasteiger partial charge in [-0.3, -0.25) is 0 Å². The minimum Gasteiger partial charge on any atom is -0.433 e. The van der Waals surface area contributed by atoms with E-state index in [2.05, 4.69) is 14.7 Å². The molecule has 0 aliphatic heterocycles. The van der Waals surface area contributed by atoms with Gasteiger partial charge in [0.1, 0.15) is 12.1 Å². The van der Waals surface area contributed by atoms with E-state index in [1.807, 2.05) is 0 Å². The Hall–Kier alpha value is -1.98. The molecule has 15 heavy (non-hydrogen) atoms. The minimum atomic E-state index is -2.89. The predicted molar refractivity (Wildman–Crippen MR) is 50.6 cm³/mol. The van der Waals surface area contributed by atoms with Gasteiger partial charge < -0.3 is 10.5 Å². The molecule has 2 N–H and O–H groups in total. The van der Waals surface area contributed by atoms with Gasteiger partial charge in [-0.05, 0) is 12.1 Å². The second kappa shape index (κ2) is 3.64. The van der Waals surface area contributed by atoms with Crippen LogP contribution in [0.2, 0.25) is 0 Å². The van der Waals surface area contributed by atoms with Crippen LogP contribution in [0.15, 0.2) is 24.7 Å². The highest BCUT2D eigenvalue weighted by Crippen LogP contribution is 2.29. The fourth-order valence-electron chi connectivity index (χ4n) is 1.26. The van der Waals surface area contributed by atoms with Crippen LogP contribution in [0, 0.1) is 0 Å². The van der Waals surface area contributed by atoms with Crippen LogP contribution in [-0.2, 0) is 0 Å². The lowest BCUT2D eigenvalue weighted by atomic mass is 10.2. The van der Waals surface area contributed by atoms with Crippen LogP contribution in [0.4, 0.5) is 14.5 Å². The van der Waals surface area contributed by atoms with Gasteiger partial charge in [0, 0.05) is 11.6 Å². The number of alkyl halides is 2. The minimum absolute atomic E-state index is 0.0627. The number of hydrogen-bond acceptors (Lipinski definition) is 4. The molecule has 0 atom stereocenters. The molecule has 0 saturated heterocycles. The SMILES string of the molecule is Nc1c(OC(F)F)ccc2ncncc12. The van der Waals surface area contributed by atoms with Gasteiger partial charge in [-0.15, -0.1) is 0 Å². The van der Waals surface area contributed by atoms with Gasteiger partial charge in [0.2, 0.25) is 0 Å². The standard InChI is InChI=1S/C9H7F2N3O/c10-9(11)15-7-2-1-6-5(8(7)12)3-13-4-14-6/h1-4,9H,12H2. The van der Waals surface area contributed by atoms with Crippen molar-refractivity contribution in [1.29, 1.82) is 0 Å². The highest BCUT2D eigenvalue weighted by atomic mass is 19.3. The zero-order chi connectivity index (χ0) is 10.8. The molecule has 0 fully saturated rings. The zero-order valence-corrected chi connectivity index (χ0v) is 7.52. The molecule has 78 valence electrons. The molecule has 1 aromatic heterocycles. The van der Waals surface area contributed by atoms with Crippen molar-refractivity contribution in [2.24, 2.45) is 0 Å². The number of aromatic nitrogens is 2. The van der Waals surface area contributed by atoms with E-state index in [0.717, 1.165) is 0 Å². The quantitative estimate of drug-likeness (QED) is 0.769. The average Bonchev–Trinajstić information content (AvgIpc) is 2.22. The molecule has 0 aliphatic carbocycles. The Morgan fingerprint density at radius 3 is 2.87 bits per heavy atom. The molecule has 4 nitrogen and oxygen atoms in total. The molecule has 1 heterocycles. The summed E-state index contributed by atoms with van der Waals surface area (Å²) < 4.78 is 28.2. The number of anilines is 1. The lowest BCUT2D eigenvalue weighted by Gasteiger charge is -2.08. The van der Waals surface area contributed by atoms with Crippen LogP contribution in [0.3, 0.4) is 0 Å². The molecule has 0 unspecified atom stereocenters. The molecular formula is C9H7F2N3O. The fourth-order valence-corrected chi connectivity index (χ4v) is 1.26. The van der Waals surface area contributed by atoms with Gasteiger partial charge in [-0.2, -0.15) is 8.78 Å². The van der Waals surface area contributed by atoms with Gasteiger partial charge in [0.05, 0.1) is 11.2 Å². The lowest BCUT2D eigenvalue weighted by molar-refractivity contribution is -0.0492. The third-order valence-electron chi connectivity index (χ3n) is 1.91. The summed E-state index contributed by atoms with van der Waals surface area (Å²) in [6.45, 7) is -2.89. The lowest BCUT2D eigenvalue weighted by Crippen LogP contribution is -2.04. The second-order valence-electron chi connectivity index (χ2n) is 2.81. The largest absolute Gasteiger partial charge is 0.433 e. The Bertz CT molecular complexity index is 490. The Balaban J connectivity index is 2.55. The van der Waals surface area contributed by atoms with E-state index in [1.165, 1.54) is 18.6 Å². The summed E-state index contributed by atoms with van der Waals surface area (Å²) >= 11 is 0. The van der Waals surface area contributed by atoms with Gasteiger partial charge in [0.25, 0.3) is 0 Å². The maximum absolute atomic E-state index is 12.0. The van der Waals surface area contributed by atoms with Crippen molar-refractivity contribution >= 4 is 16.6 Å². The summed E-state index contributed by atoms with van der Waals surface area (Å²) in [6, 6.07) is 2.90. The van der Waals surface area contributed by atoms with Gasteiger partial charge >= 0.3 is 6.61 Å². The first-order valence-corrected chi connectivity index (χ1v) is 4.11. The first-order chi connectivity index (χ1) is 7.18. The number of nitrogens with zero attached hydrogens (tertiary/aromatic N) is 2. The van der Waals surface area contributed by atoms with Gasteiger partial charge in [-0.25, -0.2) is 9.97 Å². The molecule has 6 heteroatoms. The molecule has 0 bridgehead atoms. The summed E-state index contributed by atoms with van der Waals surface area (Å²) in [5.74, 6) is -0.0627. The van der Waals surface area contributed by atoms with Crippen LogP contribution >= 0.6 is 0 Å². The van der Waals surface area contributed by atoms with E-state index < -0.39 is 6.61 Å². The monoisotopic (exact) mass is 211 g/mol. The first-order valence-electron chi connectivity index (χ1n) is 4.11. The van der Waals surface area contributed by atoms with E-state index in [-0.39, 0.29) is 11.4 Å². The Morgan fingerprint density at radius 1 is 1.33 bits per heavy atom. The predicted octanol–water partition coefficient (Wildman–Crippen LogP) is 1.81. The number of benzene rings is 1. The van der Waals surface area contributed by atoms with Crippen molar-refractivity contribution < 1.29 is 13.5 Å². The summed E-state index contributed by atoms with van der Waals surface area (Å²) in [5.41, 5.74) is 6.33. The van der Waals surface area contributed by atoms with Crippen molar-refractivity contribution in [3.8, 4) is 5.75 Å². The number of hydrogen-bond donors (Lipinski definition) is 1. The molecule has 0 saturated carbocycles. The Morgan fingerprint density at radius 2 is 2.13 bits per heavy atom. The molecule has 2 rings (SSSR count). The number of nitrogens with two attached hydrogens (primary N) is 1. The zero-order valence-electron chi connectivity index (χ0n) is 7.52. The first kappa shape index (κ1) is 9.57. The Kier molecular flexibility index (Phi) is 2.32. The van der Waals surface area contributed by atoms with E-state index in [9.17, 15) is 8.78 Å². The molecular weight excluding hydrogens is 204 g/mol. The highest BCUT2D eigenvalue weighted by Gasteiger charge is 2.10. The summed E-state index contributed by atoms with van der Waals surface area (Å²) in [5, 5.41) is 0.496. The molecule has 1 aromatic carbocycles. The smallest absolute Gasteiger partial charge is 0.387 e. The number of fused-ring (bicyclic) bond motifs is 1. The molecule has 0 aliphatic rings. The van der Waals surface area contributed by atoms with Crippen molar-refractivity contribution in [2.75, 3.05) is 5.73 Å². The maximum Gasteiger partial charge on any atom is 0.387 e. The summed E-state index contributed by atoms with van der Waals surface area (Å²) in [4.78, 5) is 7.69. The third kappa shape index (κ3) is 1.78. The van der Waals surface area contributed by atoms with Crippen LogP contribution in [0.1, 0.15) is 0 Å². The maximum atomic E-state index is 12.0. The number of nitrogen functional groups attached to an aromatic ring is 1. The van der Waals surface area contributed by atoms with Crippen molar-refractivity contribution in [2.45, 2.75) is 6.61 Å². The molecule has 2 aromatic rings. The molecule has 0 amide bonds. The van der Waals surface area contributed by atoms with E-state index in [0.29, 0.717) is 10.9 Å². The number of halogens is 2. The van der Waals surface area contributed by atoms with E-state index in [4.69, 9.17) is 5.73 Å². The fraction of sp³-hybridized carbons (Fsp3) is 0.111. The van der Waals surface area contributed by atoms with Crippen LogP contribution in [0.25, 0.3) is 10.9 Å². The number of rotatable bonds is 2. The van der Waals surface area contributed by atoms with Crippen LogP contribution in [-0.4, -0.2) is 16.6 Å². The van der Waals surface area contributed by atoms with Crippen molar-refractivity contribution in [1.82, 2.24) is 9.97 Å². The third-order valence-corrected chi connectivity index (χ3v) is 1.91. The second-order valence-corrected chi connectivity index (χ2v) is 2.81. The normalized spacial score (nSPS) is 10.9. The van der Waals surface area contributed by atoms with Gasteiger partial charge in [-0.1, -0.05) is 0 Å². The topological polar surface area (TPSA) is 61.0 Å². The van der Waals surface area contributed by atoms with E-state index in [1.54, 1.807) is 6.07 Å². The van der Waals surface area contributed by atoms with Crippen molar-refractivity contribution in [3.05, 3.63) is 24.7 Å². The van der Waals surface area contributed by atoms with Crippen LogP contribution in [0.5, 0.6) is 5.75 Å². The number of ether oxygens (including phenoxy) is 1. The van der Waals surface area contributed by atoms with E-state index >= 15 is 0 Å². The van der Waals surface area contributed by atoms with Crippen LogP contribution < -0.4 is 10.5 Å². The highest BCUT2D eigenvalue weighted by molar-refractivity contribution is 5.92. The summed E-state index contributed by atoms with van der Waals surface area (Å²) in [7, 11) is 0. The molecule has 0 radical (unpaired) electrons. The van der Waals surface area contributed by atoms with Crippen molar-refractivity contribution in [3.63, 3.8) is 0 Å². The Labute approximate surface area is 83.7 Å². The average molecular weight is 211 g/mol.